The average molecular weight is 302 g/mol. The van der Waals surface area contributed by atoms with Gasteiger partial charge in [0.25, 0.3) is 0 Å². The van der Waals surface area contributed by atoms with E-state index in [1.807, 2.05) is 6.92 Å². The summed E-state index contributed by atoms with van der Waals surface area (Å²) >= 11 is 1.70. The molecule has 0 saturated carbocycles. The number of rotatable bonds is 3. The highest BCUT2D eigenvalue weighted by atomic mass is 32.1. The van der Waals surface area contributed by atoms with Crippen molar-refractivity contribution < 1.29 is 4.79 Å². The Kier molecular flexibility index (Phi) is 3.52. The van der Waals surface area contributed by atoms with Crippen molar-refractivity contribution in [3.05, 3.63) is 39.1 Å². The van der Waals surface area contributed by atoms with Crippen LogP contribution in [0.25, 0.3) is 0 Å². The summed E-state index contributed by atoms with van der Waals surface area (Å²) in [5, 5.41) is 3.25. The fraction of sp³-hybridized carbons (Fsp3) is 0.529. The lowest BCUT2D eigenvalue weighted by molar-refractivity contribution is 0.0910. The van der Waals surface area contributed by atoms with E-state index < -0.39 is 0 Å². The van der Waals surface area contributed by atoms with Crippen molar-refractivity contribution in [2.75, 3.05) is 0 Å². The van der Waals surface area contributed by atoms with Crippen molar-refractivity contribution in [1.82, 2.24) is 9.55 Å². The highest BCUT2D eigenvalue weighted by Crippen LogP contribution is 2.36. The summed E-state index contributed by atoms with van der Waals surface area (Å²) in [7, 11) is 0. The molecule has 0 bridgehead atoms. The van der Waals surface area contributed by atoms with E-state index in [4.69, 9.17) is 0 Å². The molecule has 0 N–H and O–H groups in total. The van der Waals surface area contributed by atoms with Crippen LogP contribution < -0.4 is 0 Å². The number of aryl methyl sites for hydroxylation is 3. The van der Waals surface area contributed by atoms with Crippen LogP contribution in [0.15, 0.2) is 11.4 Å². The molecule has 0 aliphatic heterocycles. The van der Waals surface area contributed by atoms with Crippen molar-refractivity contribution in [3.63, 3.8) is 0 Å². The minimum absolute atomic E-state index is 0.0733. The molecule has 1 aliphatic carbocycles. The van der Waals surface area contributed by atoms with Crippen LogP contribution in [0.1, 0.15) is 52.7 Å². The van der Waals surface area contributed by atoms with Gasteiger partial charge in [0, 0.05) is 41.7 Å². The van der Waals surface area contributed by atoms with Crippen molar-refractivity contribution >= 4 is 17.1 Å². The second-order valence-electron chi connectivity index (χ2n) is 6.85. The van der Waals surface area contributed by atoms with Gasteiger partial charge in [0.1, 0.15) is 0 Å². The first-order valence-corrected chi connectivity index (χ1v) is 8.37. The molecule has 21 heavy (non-hydrogen) atoms. The number of nitrogens with zero attached hydrogens (tertiary/aromatic N) is 2. The molecule has 3 rings (SSSR count). The van der Waals surface area contributed by atoms with Gasteiger partial charge in [0.05, 0.1) is 10.7 Å². The number of fused-ring (bicyclic) bond motifs is 1. The molecule has 0 fully saturated rings. The molecule has 0 unspecified atom stereocenters. The van der Waals surface area contributed by atoms with E-state index in [0.717, 1.165) is 35.7 Å². The SMILES string of the molecule is Cc1nc(CCn2c(C)cc3c2CC(C)(C)CC3=O)cs1. The molecule has 4 heteroatoms. The lowest BCUT2D eigenvalue weighted by Crippen LogP contribution is -2.28. The Morgan fingerprint density at radius 1 is 1.33 bits per heavy atom. The Morgan fingerprint density at radius 2 is 2.10 bits per heavy atom. The molecule has 0 spiro atoms. The first kappa shape index (κ1) is 14.5. The molecule has 3 nitrogen and oxygen atoms in total. The second kappa shape index (κ2) is 5.09. The van der Waals surface area contributed by atoms with Crippen LogP contribution in [-0.4, -0.2) is 15.3 Å². The maximum Gasteiger partial charge on any atom is 0.165 e. The molecule has 0 radical (unpaired) electrons. The van der Waals surface area contributed by atoms with Crippen LogP contribution in [0.5, 0.6) is 0 Å². The number of carbonyl (C=O) groups is 1. The molecule has 0 amide bonds. The zero-order valence-electron chi connectivity index (χ0n) is 13.2. The Balaban J connectivity index is 1.88. The van der Waals surface area contributed by atoms with Gasteiger partial charge in [-0.2, -0.15) is 0 Å². The average Bonchev–Trinajstić information content (AvgIpc) is 2.90. The van der Waals surface area contributed by atoms with Gasteiger partial charge in [-0.25, -0.2) is 4.98 Å². The van der Waals surface area contributed by atoms with Gasteiger partial charge in [-0.15, -0.1) is 11.3 Å². The Labute approximate surface area is 130 Å². The first-order chi connectivity index (χ1) is 9.85. The van der Waals surface area contributed by atoms with E-state index in [-0.39, 0.29) is 5.41 Å². The summed E-state index contributed by atoms with van der Waals surface area (Å²) in [6, 6.07) is 2.07. The smallest absolute Gasteiger partial charge is 0.165 e. The highest BCUT2D eigenvalue weighted by Gasteiger charge is 2.33. The van der Waals surface area contributed by atoms with Crippen LogP contribution in [-0.2, 0) is 19.4 Å². The summed E-state index contributed by atoms with van der Waals surface area (Å²) in [6.45, 7) is 9.42. The summed E-state index contributed by atoms with van der Waals surface area (Å²) < 4.78 is 2.32. The first-order valence-electron chi connectivity index (χ1n) is 7.49. The quantitative estimate of drug-likeness (QED) is 0.860. The van der Waals surface area contributed by atoms with Crippen LogP contribution >= 0.6 is 11.3 Å². The maximum atomic E-state index is 12.3. The summed E-state index contributed by atoms with van der Waals surface area (Å²) in [5.41, 5.74) is 4.59. The molecule has 0 aromatic carbocycles. The third kappa shape index (κ3) is 2.82. The lowest BCUT2D eigenvalue weighted by atomic mass is 9.76. The molecule has 0 atom stereocenters. The number of ketones is 1. The molecule has 1 aliphatic rings. The Bertz CT molecular complexity index is 694. The maximum absolute atomic E-state index is 12.3. The van der Waals surface area contributed by atoms with Crippen molar-refractivity contribution in [2.45, 2.75) is 53.5 Å². The minimum atomic E-state index is 0.0733. The Morgan fingerprint density at radius 3 is 2.76 bits per heavy atom. The van der Waals surface area contributed by atoms with E-state index in [1.165, 1.54) is 11.4 Å². The second-order valence-corrected chi connectivity index (χ2v) is 7.91. The van der Waals surface area contributed by atoms with E-state index in [2.05, 4.69) is 41.8 Å². The van der Waals surface area contributed by atoms with E-state index >= 15 is 0 Å². The van der Waals surface area contributed by atoms with Crippen LogP contribution in [0, 0.1) is 19.3 Å². The van der Waals surface area contributed by atoms with Crippen LogP contribution in [0.3, 0.4) is 0 Å². The lowest BCUT2D eigenvalue weighted by Gasteiger charge is -2.29. The van der Waals surface area contributed by atoms with Crippen LogP contribution in [0.2, 0.25) is 0 Å². The number of carbonyl (C=O) groups excluding carboxylic acids is 1. The molecular formula is C17H22N2OS. The monoisotopic (exact) mass is 302 g/mol. The van der Waals surface area contributed by atoms with Crippen LogP contribution in [0.4, 0.5) is 0 Å². The third-order valence-electron chi connectivity index (χ3n) is 4.26. The molecular weight excluding hydrogens is 280 g/mol. The van der Waals surface area contributed by atoms with Crippen molar-refractivity contribution in [1.29, 1.82) is 0 Å². The topological polar surface area (TPSA) is 34.9 Å². The molecule has 2 aromatic heterocycles. The zero-order valence-corrected chi connectivity index (χ0v) is 14.0. The van der Waals surface area contributed by atoms with Crippen molar-refractivity contribution in [3.8, 4) is 0 Å². The predicted molar refractivity (Wildman–Crippen MR) is 86.2 cm³/mol. The van der Waals surface area contributed by atoms with E-state index in [0.29, 0.717) is 12.2 Å². The van der Waals surface area contributed by atoms with Gasteiger partial charge in [-0.1, -0.05) is 13.8 Å². The zero-order chi connectivity index (χ0) is 15.2. The third-order valence-corrected chi connectivity index (χ3v) is 5.08. The Hall–Kier alpha value is -1.42. The fourth-order valence-electron chi connectivity index (χ4n) is 3.27. The van der Waals surface area contributed by atoms with Gasteiger partial charge >= 0.3 is 0 Å². The largest absolute Gasteiger partial charge is 0.348 e. The minimum Gasteiger partial charge on any atom is -0.348 e. The number of hydrogen-bond donors (Lipinski definition) is 0. The number of aromatic nitrogens is 2. The standard InChI is InChI=1S/C17H22N2OS/c1-11-7-14-15(8-17(3,4)9-16(14)20)19(11)6-5-13-10-21-12(2)18-13/h7,10H,5-6,8-9H2,1-4H3. The summed E-state index contributed by atoms with van der Waals surface area (Å²) in [6.07, 6.45) is 2.58. The van der Waals surface area contributed by atoms with Gasteiger partial charge in [0.2, 0.25) is 0 Å². The summed E-state index contributed by atoms with van der Waals surface area (Å²) in [4.78, 5) is 16.9. The summed E-state index contributed by atoms with van der Waals surface area (Å²) in [5.74, 6) is 0.299. The number of thiazole rings is 1. The number of Topliss-reactive ketones (excluding diaryl/α,β-unsaturated/α-hetero) is 1. The van der Waals surface area contributed by atoms with Gasteiger partial charge < -0.3 is 4.57 Å². The van der Waals surface area contributed by atoms with Gasteiger partial charge in [-0.3, -0.25) is 4.79 Å². The normalized spacial score (nSPS) is 17.0. The van der Waals surface area contributed by atoms with Gasteiger partial charge in [0.15, 0.2) is 5.78 Å². The highest BCUT2D eigenvalue weighted by molar-refractivity contribution is 7.09. The van der Waals surface area contributed by atoms with Crippen molar-refractivity contribution in [2.24, 2.45) is 5.41 Å². The molecule has 2 aromatic rings. The van der Waals surface area contributed by atoms with E-state index in [1.54, 1.807) is 11.3 Å². The molecule has 0 saturated heterocycles. The molecule has 2 heterocycles. The molecule has 112 valence electrons. The fourth-order valence-corrected chi connectivity index (χ4v) is 3.91. The number of hydrogen-bond acceptors (Lipinski definition) is 3. The predicted octanol–water partition coefficient (Wildman–Crippen LogP) is 3.96. The van der Waals surface area contributed by atoms with E-state index in [9.17, 15) is 4.79 Å². The van der Waals surface area contributed by atoms with Gasteiger partial charge in [-0.05, 0) is 31.7 Å².